The Morgan fingerprint density at radius 1 is 1.29 bits per heavy atom. The molecule has 1 aromatic carbocycles. The maximum Gasteiger partial charge on any atom is 0.284 e. The summed E-state index contributed by atoms with van der Waals surface area (Å²) in [5.41, 5.74) is 2.89. The van der Waals surface area contributed by atoms with Crippen molar-refractivity contribution in [2.45, 2.75) is 33.6 Å². The van der Waals surface area contributed by atoms with Crippen molar-refractivity contribution in [1.29, 1.82) is 0 Å². The molecule has 0 bridgehead atoms. The Balaban J connectivity index is 2.10. The van der Waals surface area contributed by atoms with Crippen LogP contribution in [-0.4, -0.2) is 22.3 Å². The van der Waals surface area contributed by atoms with Crippen molar-refractivity contribution in [3.05, 3.63) is 46.2 Å². The monoisotopic (exact) mass is 306 g/mol. The minimum atomic E-state index is -0.183. The number of aromatic nitrogens is 2. The molecule has 0 aliphatic rings. The third-order valence-corrected chi connectivity index (χ3v) is 3.59. The molecule has 0 fully saturated rings. The SMILES string of the molecule is Cc1nn(C(=O)COc2ccc(Cl)cc2)c(C)c1C(C)C. The van der Waals surface area contributed by atoms with Gasteiger partial charge in [0.15, 0.2) is 6.61 Å². The quantitative estimate of drug-likeness (QED) is 0.857. The molecular weight excluding hydrogens is 288 g/mol. The molecule has 0 aliphatic heterocycles. The van der Waals surface area contributed by atoms with Crippen LogP contribution in [0.1, 0.15) is 41.5 Å². The molecule has 0 radical (unpaired) electrons. The van der Waals surface area contributed by atoms with Crippen LogP contribution in [0.3, 0.4) is 0 Å². The van der Waals surface area contributed by atoms with Crippen LogP contribution < -0.4 is 4.74 Å². The number of aryl methyl sites for hydroxylation is 1. The average Bonchev–Trinajstić information content (AvgIpc) is 2.73. The minimum absolute atomic E-state index is 0.0544. The number of benzene rings is 1. The first-order chi connectivity index (χ1) is 9.90. The second-order valence-electron chi connectivity index (χ2n) is 5.29. The van der Waals surface area contributed by atoms with Crippen LogP contribution in [0.25, 0.3) is 0 Å². The number of carbonyl (C=O) groups is 1. The van der Waals surface area contributed by atoms with Crippen LogP contribution in [0.15, 0.2) is 24.3 Å². The highest BCUT2D eigenvalue weighted by atomic mass is 35.5. The van der Waals surface area contributed by atoms with Crippen molar-refractivity contribution in [2.24, 2.45) is 0 Å². The fourth-order valence-corrected chi connectivity index (χ4v) is 2.60. The molecule has 21 heavy (non-hydrogen) atoms. The van der Waals surface area contributed by atoms with Gasteiger partial charge in [0, 0.05) is 10.7 Å². The lowest BCUT2D eigenvalue weighted by Gasteiger charge is -2.08. The maximum absolute atomic E-state index is 12.2. The summed E-state index contributed by atoms with van der Waals surface area (Å²) in [6.45, 7) is 7.97. The van der Waals surface area contributed by atoms with Crippen molar-refractivity contribution in [3.63, 3.8) is 0 Å². The van der Waals surface area contributed by atoms with E-state index in [2.05, 4.69) is 18.9 Å². The van der Waals surface area contributed by atoms with Crippen LogP contribution in [-0.2, 0) is 0 Å². The molecule has 1 heterocycles. The Labute approximate surface area is 129 Å². The Morgan fingerprint density at radius 3 is 2.43 bits per heavy atom. The lowest BCUT2D eigenvalue weighted by molar-refractivity contribution is 0.0818. The molecule has 2 rings (SSSR count). The standard InChI is InChI=1S/C16H19ClN2O2/c1-10(2)16-11(3)18-19(12(16)4)15(20)9-21-14-7-5-13(17)6-8-14/h5-8,10H,9H2,1-4H3. The van der Waals surface area contributed by atoms with E-state index in [0.29, 0.717) is 16.7 Å². The average molecular weight is 307 g/mol. The summed E-state index contributed by atoms with van der Waals surface area (Å²) in [5.74, 6) is 0.763. The van der Waals surface area contributed by atoms with E-state index in [1.54, 1.807) is 24.3 Å². The fraction of sp³-hybridized carbons (Fsp3) is 0.375. The van der Waals surface area contributed by atoms with E-state index in [0.717, 1.165) is 17.0 Å². The van der Waals surface area contributed by atoms with Gasteiger partial charge in [0.25, 0.3) is 5.91 Å². The molecule has 4 nitrogen and oxygen atoms in total. The Morgan fingerprint density at radius 2 is 1.90 bits per heavy atom. The highest BCUT2D eigenvalue weighted by Crippen LogP contribution is 2.22. The maximum atomic E-state index is 12.2. The van der Waals surface area contributed by atoms with Gasteiger partial charge in [-0.15, -0.1) is 0 Å². The number of rotatable bonds is 4. The van der Waals surface area contributed by atoms with E-state index in [1.807, 2.05) is 13.8 Å². The van der Waals surface area contributed by atoms with Crippen molar-refractivity contribution in [2.75, 3.05) is 6.61 Å². The van der Waals surface area contributed by atoms with Crippen LogP contribution in [0.5, 0.6) is 5.75 Å². The summed E-state index contributed by atoms with van der Waals surface area (Å²) < 4.78 is 6.90. The third kappa shape index (κ3) is 3.45. The lowest BCUT2D eigenvalue weighted by atomic mass is 10.0. The van der Waals surface area contributed by atoms with Crippen LogP contribution in [0.4, 0.5) is 0 Å². The summed E-state index contributed by atoms with van der Waals surface area (Å²) in [4.78, 5) is 12.2. The summed E-state index contributed by atoms with van der Waals surface area (Å²) >= 11 is 5.80. The van der Waals surface area contributed by atoms with Gasteiger partial charge in [0.2, 0.25) is 0 Å². The molecule has 0 unspecified atom stereocenters. The van der Waals surface area contributed by atoms with E-state index >= 15 is 0 Å². The fourth-order valence-electron chi connectivity index (χ4n) is 2.47. The van der Waals surface area contributed by atoms with Crippen LogP contribution in [0, 0.1) is 13.8 Å². The molecule has 0 aliphatic carbocycles. The molecule has 0 saturated carbocycles. The second kappa shape index (κ2) is 6.31. The number of halogens is 1. The topological polar surface area (TPSA) is 44.1 Å². The molecule has 1 aromatic heterocycles. The smallest absolute Gasteiger partial charge is 0.284 e. The summed E-state index contributed by atoms with van der Waals surface area (Å²) in [7, 11) is 0. The van der Waals surface area contributed by atoms with Gasteiger partial charge < -0.3 is 4.74 Å². The third-order valence-electron chi connectivity index (χ3n) is 3.34. The number of ether oxygens (including phenoxy) is 1. The predicted octanol–water partition coefficient (Wildman–Crippen LogP) is 4.00. The van der Waals surface area contributed by atoms with Gasteiger partial charge in [-0.25, -0.2) is 4.68 Å². The molecule has 0 N–H and O–H groups in total. The highest BCUT2D eigenvalue weighted by molar-refractivity contribution is 6.30. The summed E-state index contributed by atoms with van der Waals surface area (Å²) in [6.07, 6.45) is 0. The van der Waals surface area contributed by atoms with E-state index in [4.69, 9.17) is 16.3 Å². The van der Waals surface area contributed by atoms with Gasteiger partial charge in [-0.05, 0) is 49.6 Å². The second-order valence-corrected chi connectivity index (χ2v) is 5.72. The van der Waals surface area contributed by atoms with Gasteiger partial charge >= 0.3 is 0 Å². The molecule has 2 aromatic rings. The van der Waals surface area contributed by atoms with Crippen LogP contribution in [0.2, 0.25) is 5.02 Å². The first-order valence-corrected chi connectivity index (χ1v) is 7.25. The van der Waals surface area contributed by atoms with Gasteiger partial charge in [0.05, 0.1) is 5.69 Å². The van der Waals surface area contributed by atoms with Crippen LogP contribution >= 0.6 is 11.6 Å². The molecular formula is C16H19ClN2O2. The highest BCUT2D eigenvalue weighted by Gasteiger charge is 2.18. The van der Waals surface area contributed by atoms with Gasteiger partial charge in [-0.3, -0.25) is 4.79 Å². The normalized spacial score (nSPS) is 11.0. The zero-order valence-electron chi connectivity index (χ0n) is 12.7. The Kier molecular flexibility index (Phi) is 4.68. The van der Waals surface area contributed by atoms with Gasteiger partial charge in [-0.1, -0.05) is 25.4 Å². The molecule has 0 saturated heterocycles. The number of carbonyl (C=O) groups excluding carboxylic acids is 1. The zero-order chi connectivity index (χ0) is 15.6. The predicted molar refractivity (Wildman–Crippen MR) is 83.4 cm³/mol. The van der Waals surface area contributed by atoms with Gasteiger partial charge in [0.1, 0.15) is 5.75 Å². The lowest BCUT2D eigenvalue weighted by Crippen LogP contribution is -2.21. The van der Waals surface area contributed by atoms with E-state index in [9.17, 15) is 4.79 Å². The van der Waals surface area contributed by atoms with Crippen molar-refractivity contribution in [3.8, 4) is 5.75 Å². The van der Waals surface area contributed by atoms with Crippen molar-refractivity contribution in [1.82, 2.24) is 9.78 Å². The Bertz CT molecular complexity index is 645. The molecule has 112 valence electrons. The zero-order valence-corrected chi connectivity index (χ0v) is 13.4. The molecule has 0 spiro atoms. The Hall–Kier alpha value is -1.81. The summed E-state index contributed by atoms with van der Waals surface area (Å²) in [5, 5.41) is 4.96. The number of hydrogen-bond donors (Lipinski definition) is 0. The largest absolute Gasteiger partial charge is 0.484 e. The van der Waals surface area contributed by atoms with Crippen molar-refractivity contribution >= 4 is 17.5 Å². The van der Waals surface area contributed by atoms with E-state index < -0.39 is 0 Å². The first kappa shape index (κ1) is 15.6. The minimum Gasteiger partial charge on any atom is -0.484 e. The molecule has 5 heteroatoms. The van der Waals surface area contributed by atoms with E-state index in [1.165, 1.54) is 4.68 Å². The molecule has 0 atom stereocenters. The summed E-state index contributed by atoms with van der Waals surface area (Å²) in [6, 6.07) is 6.91. The first-order valence-electron chi connectivity index (χ1n) is 6.88. The molecule has 0 amide bonds. The number of hydrogen-bond acceptors (Lipinski definition) is 3. The van der Waals surface area contributed by atoms with E-state index in [-0.39, 0.29) is 12.5 Å². The number of nitrogens with zero attached hydrogens (tertiary/aromatic N) is 2. The van der Waals surface area contributed by atoms with Gasteiger partial charge in [-0.2, -0.15) is 5.10 Å². The van der Waals surface area contributed by atoms with Crippen molar-refractivity contribution < 1.29 is 9.53 Å².